The Balaban J connectivity index is 2.42. The summed E-state index contributed by atoms with van der Waals surface area (Å²) in [7, 11) is 1.50. The molecule has 0 unspecified atom stereocenters. The van der Waals surface area contributed by atoms with Gasteiger partial charge in [-0.15, -0.1) is 10.2 Å². The highest BCUT2D eigenvalue weighted by Crippen LogP contribution is 2.12. The van der Waals surface area contributed by atoms with E-state index >= 15 is 0 Å². The van der Waals surface area contributed by atoms with Gasteiger partial charge >= 0.3 is 0 Å². The topological polar surface area (TPSA) is 80.8 Å². The zero-order valence-electron chi connectivity index (χ0n) is 8.27. The maximum Gasteiger partial charge on any atom is 0.265 e. The quantitative estimate of drug-likeness (QED) is 0.889. The Morgan fingerprint density at radius 2 is 2.19 bits per heavy atom. The first-order valence-corrected chi connectivity index (χ1v) is 5.13. The Morgan fingerprint density at radius 1 is 1.38 bits per heavy atom. The van der Waals surface area contributed by atoms with Crippen LogP contribution in [-0.4, -0.2) is 27.3 Å². The van der Waals surface area contributed by atoms with Crippen molar-refractivity contribution in [2.24, 2.45) is 0 Å². The summed E-state index contributed by atoms with van der Waals surface area (Å²) in [6, 6.07) is 3.31. The average molecular weight is 283 g/mol. The lowest BCUT2D eigenvalue weighted by molar-refractivity contribution is 0.392. The van der Waals surface area contributed by atoms with Crippen LogP contribution in [0.4, 0.5) is 0 Å². The predicted octanol–water partition coefficient (Wildman–Crippen LogP) is 0.998. The third kappa shape index (κ3) is 2.08. The second-order valence-electron chi connectivity index (χ2n) is 2.87. The third-order valence-electron chi connectivity index (χ3n) is 1.85. The lowest BCUT2D eigenvalue weighted by Gasteiger charge is -2.00. The van der Waals surface area contributed by atoms with Crippen LogP contribution < -0.4 is 10.3 Å². The summed E-state index contributed by atoms with van der Waals surface area (Å²) >= 11 is 3.06. The Morgan fingerprint density at radius 3 is 2.75 bits per heavy atom. The maximum atomic E-state index is 11.3. The summed E-state index contributed by atoms with van der Waals surface area (Å²) in [5.74, 6) is 0.770. The summed E-state index contributed by atoms with van der Waals surface area (Å²) < 4.78 is 5.25. The molecule has 0 aliphatic heterocycles. The molecule has 1 N–H and O–H groups in total. The van der Waals surface area contributed by atoms with Gasteiger partial charge in [-0.3, -0.25) is 4.79 Å². The van der Waals surface area contributed by atoms with Crippen molar-refractivity contribution in [2.45, 2.75) is 0 Å². The second kappa shape index (κ2) is 4.40. The van der Waals surface area contributed by atoms with Crippen molar-refractivity contribution in [3.63, 3.8) is 0 Å². The molecule has 0 amide bonds. The molecule has 0 atom stereocenters. The molecule has 0 aliphatic rings. The molecule has 7 heteroatoms. The van der Waals surface area contributed by atoms with Crippen LogP contribution in [0.2, 0.25) is 0 Å². The van der Waals surface area contributed by atoms with E-state index < -0.39 is 0 Å². The summed E-state index contributed by atoms with van der Waals surface area (Å²) in [4.78, 5) is 17.9. The first-order valence-electron chi connectivity index (χ1n) is 4.33. The van der Waals surface area contributed by atoms with Gasteiger partial charge < -0.3 is 9.72 Å². The molecule has 2 aromatic rings. The zero-order valence-corrected chi connectivity index (χ0v) is 9.85. The highest BCUT2D eigenvalue weighted by Gasteiger charge is 2.05. The van der Waals surface area contributed by atoms with Gasteiger partial charge in [-0.25, -0.2) is 4.98 Å². The Hall–Kier alpha value is -1.76. The summed E-state index contributed by atoms with van der Waals surface area (Å²) in [5.41, 5.74) is 0.216. The number of methoxy groups -OCH3 is 1. The lowest BCUT2D eigenvalue weighted by Crippen LogP contribution is -2.09. The van der Waals surface area contributed by atoms with Crippen molar-refractivity contribution >= 4 is 15.9 Å². The number of aromatic nitrogens is 4. The number of ether oxygens (including phenoxy) is 1. The van der Waals surface area contributed by atoms with Gasteiger partial charge in [0, 0.05) is 12.3 Å². The van der Waals surface area contributed by atoms with Crippen molar-refractivity contribution < 1.29 is 4.74 Å². The maximum absolute atomic E-state index is 11.3. The van der Waals surface area contributed by atoms with Crippen molar-refractivity contribution in [3.8, 4) is 17.4 Å². The van der Waals surface area contributed by atoms with E-state index in [2.05, 4.69) is 36.1 Å². The first-order chi connectivity index (χ1) is 7.70. The number of halogens is 1. The van der Waals surface area contributed by atoms with Crippen LogP contribution in [0.5, 0.6) is 5.88 Å². The van der Waals surface area contributed by atoms with Crippen LogP contribution in [-0.2, 0) is 0 Å². The van der Waals surface area contributed by atoms with Gasteiger partial charge in [-0.2, -0.15) is 0 Å². The summed E-state index contributed by atoms with van der Waals surface area (Å²) in [5, 5.41) is 7.65. The van der Waals surface area contributed by atoms with Crippen LogP contribution in [0, 0.1) is 0 Å². The van der Waals surface area contributed by atoms with Crippen LogP contribution in [0.15, 0.2) is 27.6 Å². The normalized spacial score (nSPS) is 10.1. The van der Waals surface area contributed by atoms with E-state index in [9.17, 15) is 4.79 Å². The largest absolute Gasteiger partial charge is 0.480 e. The fourth-order valence-corrected chi connectivity index (χ4v) is 1.27. The Bertz CT molecular complexity index is 552. The van der Waals surface area contributed by atoms with E-state index in [1.807, 2.05) is 0 Å². The molecule has 82 valence electrons. The summed E-state index contributed by atoms with van der Waals surface area (Å²) in [6.07, 6.45) is 1.42. The number of H-pyrrole nitrogens is 1. The molecule has 0 bridgehead atoms. The average Bonchev–Trinajstić information content (AvgIpc) is 2.33. The number of rotatable bonds is 2. The minimum Gasteiger partial charge on any atom is -0.480 e. The summed E-state index contributed by atoms with van der Waals surface area (Å²) in [6.45, 7) is 0. The molecule has 0 saturated heterocycles. The molecular formula is C9H7BrN4O2. The van der Waals surface area contributed by atoms with Gasteiger partial charge in [0.05, 0.1) is 7.11 Å². The Labute approximate surface area is 98.8 Å². The number of aromatic amines is 1. The van der Waals surface area contributed by atoms with E-state index in [1.54, 1.807) is 12.1 Å². The Kier molecular flexibility index (Phi) is 2.95. The van der Waals surface area contributed by atoms with Gasteiger partial charge in [0.15, 0.2) is 5.82 Å². The van der Waals surface area contributed by atoms with Crippen LogP contribution in [0.1, 0.15) is 0 Å². The minimum atomic E-state index is -0.261. The van der Waals surface area contributed by atoms with Crippen molar-refractivity contribution in [3.05, 3.63) is 33.2 Å². The van der Waals surface area contributed by atoms with Crippen LogP contribution >= 0.6 is 15.9 Å². The number of nitrogens with one attached hydrogen (secondary N) is 1. The predicted molar refractivity (Wildman–Crippen MR) is 60.1 cm³/mol. The van der Waals surface area contributed by atoms with Gasteiger partial charge in [0.25, 0.3) is 5.56 Å². The molecule has 16 heavy (non-hydrogen) atoms. The highest BCUT2D eigenvalue weighted by atomic mass is 79.9. The van der Waals surface area contributed by atoms with Gasteiger partial charge in [-0.1, -0.05) is 0 Å². The fraction of sp³-hybridized carbons (Fsp3) is 0.111. The molecule has 0 aromatic carbocycles. The van der Waals surface area contributed by atoms with E-state index in [0.29, 0.717) is 21.9 Å². The lowest BCUT2D eigenvalue weighted by atomic mass is 10.3. The van der Waals surface area contributed by atoms with Gasteiger partial charge in [0.1, 0.15) is 10.2 Å². The molecule has 6 nitrogen and oxygen atoms in total. The van der Waals surface area contributed by atoms with Crippen molar-refractivity contribution in [1.82, 2.24) is 20.2 Å². The fourth-order valence-electron chi connectivity index (χ4n) is 1.06. The van der Waals surface area contributed by atoms with E-state index in [1.165, 1.54) is 13.3 Å². The number of hydrogen-bond acceptors (Lipinski definition) is 5. The van der Waals surface area contributed by atoms with E-state index in [-0.39, 0.29) is 5.56 Å². The monoisotopic (exact) mass is 282 g/mol. The minimum absolute atomic E-state index is 0.261. The zero-order chi connectivity index (χ0) is 11.5. The molecule has 2 rings (SSSR count). The van der Waals surface area contributed by atoms with Crippen LogP contribution in [0.3, 0.4) is 0 Å². The standard InChI is InChI=1S/C9H7BrN4O2/c1-16-7-3-2-6(13-14-7)8-11-4-5(10)9(15)12-8/h2-4H,1H3,(H,11,12,15). The van der Waals surface area contributed by atoms with E-state index in [0.717, 1.165) is 0 Å². The van der Waals surface area contributed by atoms with Crippen molar-refractivity contribution in [2.75, 3.05) is 7.11 Å². The molecule has 0 aliphatic carbocycles. The molecule has 0 fully saturated rings. The number of hydrogen-bond donors (Lipinski definition) is 1. The van der Waals surface area contributed by atoms with Crippen LogP contribution in [0.25, 0.3) is 11.5 Å². The molecular weight excluding hydrogens is 276 g/mol. The number of nitrogens with zero attached hydrogens (tertiary/aromatic N) is 3. The highest BCUT2D eigenvalue weighted by molar-refractivity contribution is 9.10. The third-order valence-corrected chi connectivity index (χ3v) is 2.41. The molecule has 2 heterocycles. The van der Waals surface area contributed by atoms with Gasteiger partial charge in [-0.05, 0) is 22.0 Å². The van der Waals surface area contributed by atoms with Gasteiger partial charge in [0.2, 0.25) is 5.88 Å². The van der Waals surface area contributed by atoms with Crippen molar-refractivity contribution in [1.29, 1.82) is 0 Å². The molecule has 0 spiro atoms. The molecule has 0 saturated carbocycles. The SMILES string of the molecule is COc1ccc(-c2ncc(Br)c(=O)[nH]2)nn1. The van der Waals surface area contributed by atoms with E-state index in [4.69, 9.17) is 4.74 Å². The second-order valence-corrected chi connectivity index (χ2v) is 3.72. The smallest absolute Gasteiger partial charge is 0.265 e. The first kappa shape index (κ1) is 10.7. The molecule has 2 aromatic heterocycles. The molecule has 0 radical (unpaired) electrons.